The van der Waals surface area contributed by atoms with Gasteiger partial charge in [-0.15, -0.1) is 0 Å². The molecule has 1 atom stereocenters. The molecule has 0 spiro atoms. The van der Waals surface area contributed by atoms with Crippen LogP contribution in [0.2, 0.25) is 5.02 Å². The second kappa shape index (κ2) is 9.46. The summed E-state index contributed by atoms with van der Waals surface area (Å²) < 4.78 is 11.0. The van der Waals surface area contributed by atoms with Gasteiger partial charge in [-0.2, -0.15) is 0 Å². The lowest BCUT2D eigenvalue weighted by atomic mass is 10.1. The molecule has 1 unspecified atom stereocenters. The lowest BCUT2D eigenvalue weighted by Gasteiger charge is -2.17. The lowest BCUT2D eigenvalue weighted by Crippen LogP contribution is -2.35. The zero-order valence-electron chi connectivity index (χ0n) is 15.7. The Bertz CT molecular complexity index is 808. The number of nitrogens with one attached hydrogen (secondary N) is 1. The summed E-state index contributed by atoms with van der Waals surface area (Å²) in [6, 6.07) is 14.4. The molecule has 1 fully saturated rings. The van der Waals surface area contributed by atoms with Gasteiger partial charge in [0.05, 0.1) is 19.1 Å². The molecule has 1 saturated heterocycles. The van der Waals surface area contributed by atoms with Crippen LogP contribution in [0.1, 0.15) is 13.3 Å². The predicted octanol–water partition coefficient (Wildman–Crippen LogP) is 3.29. The Kier molecular flexibility index (Phi) is 6.76. The van der Waals surface area contributed by atoms with Crippen LogP contribution in [-0.4, -0.2) is 38.1 Å². The number of carbonyl (C=O) groups is 2. The van der Waals surface area contributed by atoms with Crippen LogP contribution in [0.3, 0.4) is 0 Å². The molecule has 0 aliphatic carbocycles. The standard InChI is InChI=1S/C21H23ClN2O4/c1-2-27-18-9-5-17(6-10-18)24-14-15(13-20(24)25)21(26)23-11-12-28-19-7-3-16(22)4-8-19/h3-10,15H,2,11-14H2,1H3,(H,23,26). The van der Waals surface area contributed by atoms with Crippen LogP contribution in [0, 0.1) is 5.92 Å². The first-order valence-corrected chi connectivity index (χ1v) is 9.64. The molecule has 1 aliphatic heterocycles. The molecule has 28 heavy (non-hydrogen) atoms. The summed E-state index contributed by atoms with van der Waals surface area (Å²) >= 11 is 5.83. The molecule has 2 amide bonds. The zero-order valence-corrected chi connectivity index (χ0v) is 16.4. The van der Waals surface area contributed by atoms with Crippen molar-refractivity contribution in [1.29, 1.82) is 0 Å². The Balaban J connectivity index is 1.46. The van der Waals surface area contributed by atoms with Crippen molar-refractivity contribution < 1.29 is 19.1 Å². The molecule has 0 bridgehead atoms. The number of ether oxygens (including phenoxy) is 2. The summed E-state index contributed by atoms with van der Waals surface area (Å²) in [5.74, 6) is 0.891. The Hall–Kier alpha value is -2.73. The predicted molar refractivity (Wildman–Crippen MR) is 108 cm³/mol. The SMILES string of the molecule is CCOc1ccc(N2CC(C(=O)NCCOc3ccc(Cl)cc3)CC2=O)cc1. The van der Waals surface area contributed by atoms with E-state index in [1.54, 1.807) is 29.2 Å². The Labute approximate surface area is 169 Å². The second-order valence-electron chi connectivity index (χ2n) is 6.43. The summed E-state index contributed by atoms with van der Waals surface area (Å²) in [5, 5.41) is 3.48. The van der Waals surface area contributed by atoms with Crippen molar-refractivity contribution in [2.75, 3.05) is 31.2 Å². The maximum atomic E-state index is 12.4. The Morgan fingerprint density at radius 2 is 1.75 bits per heavy atom. The molecule has 148 valence electrons. The van der Waals surface area contributed by atoms with E-state index in [0.717, 1.165) is 11.4 Å². The zero-order chi connectivity index (χ0) is 19.9. The number of benzene rings is 2. The van der Waals surface area contributed by atoms with Crippen molar-refractivity contribution in [2.45, 2.75) is 13.3 Å². The van der Waals surface area contributed by atoms with Gasteiger partial charge in [-0.05, 0) is 55.5 Å². The quantitative estimate of drug-likeness (QED) is 0.688. The fraction of sp³-hybridized carbons (Fsp3) is 0.333. The molecule has 6 nitrogen and oxygen atoms in total. The van der Waals surface area contributed by atoms with Crippen molar-refractivity contribution in [2.24, 2.45) is 5.92 Å². The molecule has 0 aromatic heterocycles. The third-order valence-corrected chi connectivity index (χ3v) is 4.69. The minimum Gasteiger partial charge on any atom is -0.494 e. The number of nitrogens with zero attached hydrogens (tertiary/aromatic N) is 1. The molecule has 0 saturated carbocycles. The van der Waals surface area contributed by atoms with E-state index < -0.39 is 0 Å². The molecular weight excluding hydrogens is 380 g/mol. The van der Waals surface area contributed by atoms with E-state index in [1.807, 2.05) is 31.2 Å². The summed E-state index contributed by atoms with van der Waals surface area (Å²) in [6.07, 6.45) is 0.205. The average Bonchev–Trinajstić information content (AvgIpc) is 3.09. The van der Waals surface area contributed by atoms with Crippen LogP contribution in [-0.2, 0) is 9.59 Å². The van der Waals surface area contributed by atoms with E-state index in [1.165, 1.54) is 0 Å². The molecule has 1 N–H and O–H groups in total. The van der Waals surface area contributed by atoms with Gasteiger partial charge in [-0.25, -0.2) is 0 Å². The van der Waals surface area contributed by atoms with E-state index in [0.29, 0.717) is 37.1 Å². The maximum absolute atomic E-state index is 12.4. The highest BCUT2D eigenvalue weighted by Crippen LogP contribution is 2.27. The minimum absolute atomic E-state index is 0.0540. The molecule has 3 rings (SSSR count). The molecule has 0 radical (unpaired) electrons. The van der Waals surface area contributed by atoms with Crippen LogP contribution >= 0.6 is 11.6 Å². The summed E-state index contributed by atoms with van der Waals surface area (Å²) in [5.41, 5.74) is 0.773. The third kappa shape index (κ3) is 5.16. The van der Waals surface area contributed by atoms with Gasteiger partial charge in [0.25, 0.3) is 0 Å². The first-order chi connectivity index (χ1) is 13.6. The smallest absolute Gasteiger partial charge is 0.227 e. The van der Waals surface area contributed by atoms with Gasteiger partial charge in [-0.1, -0.05) is 11.6 Å². The van der Waals surface area contributed by atoms with Gasteiger partial charge < -0.3 is 19.7 Å². The highest BCUT2D eigenvalue weighted by Gasteiger charge is 2.34. The van der Waals surface area contributed by atoms with Crippen LogP contribution in [0.25, 0.3) is 0 Å². The molecule has 2 aromatic rings. The van der Waals surface area contributed by atoms with Gasteiger partial charge in [0.2, 0.25) is 11.8 Å². The van der Waals surface area contributed by atoms with Crippen molar-refractivity contribution in [1.82, 2.24) is 5.32 Å². The van der Waals surface area contributed by atoms with Crippen LogP contribution < -0.4 is 19.7 Å². The largest absolute Gasteiger partial charge is 0.494 e. The van der Waals surface area contributed by atoms with E-state index in [4.69, 9.17) is 21.1 Å². The number of rotatable bonds is 8. The fourth-order valence-electron chi connectivity index (χ4n) is 3.04. The fourth-order valence-corrected chi connectivity index (χ4v) is 3.17. The first-order valence-electron chi connectivity index (χ1n) is 9.26. The highest BCUT2D eigenvalue weighted by atomic mass is 35.5. The lowest BCUT2D eigenvalue weighted by molar-refractivity contribution is -0.126. The maximum Gasteiger partial charge on any atom is 0.227 e. The van der Waals surface area contributed by atoms with Crippen molar-refractivity contribution in [3.8, 4) is 11.5 Å². The molecule has 2 aromatic carbocycles. The number of halogens is 1. The number of anilines is 1. The van der Waals surface area contributed by atoms with E-state index >= 15 is 0 Å². The van der Waals surface area contributed by atoms with Gasteiger partial charge in [0, 0.05) is 23.7 Å². The van der Waals surface area contributed by atoms with Crippen molar-refractivity contribution in [3.05, 3.63) is 53.6 Å². The van der Waals surface area contributed by atoms with Gasteiger partial charge in [0.1, 0.15) is 18.1 Å². The van der Waals surface area contributed by atoms with E-state index in [2.05, 4.69) is 5.32 Å². The molecule has 7 heteroatoms. The van der Waals surface area contributed by atoms with Crippen molar-refractivity contribution >= 4 is 29.1 Å². The highest BCUT2D eigenvalue weighted by molar-refractivity contribution is 6.30. The van der Waals surface area contributed by atoms with Crippen molar-refractivity contribution in [3.63, 3.8) is 0 Å². The van der Waals surface area contributed by atoms with Gasteiger partial charge in [-0.3, -0.25) is 9.59 Å². The average molecular weight is 403 g/mol. The molecule has 1 aliphatic rings. The molecular formula is C21H23ClN2O4. The van der Waals surface area contributed by atoms with Crippen LogP contribution in [0.5, 0.6) is 11.5 Å². The number of amides is 2. The number of carbonyl (C=O) groups excluding carboxylic acids is 2. The Morgan fingerprint density at radius 1 is 1.11 bits per heavy atom. The number of hydrogen-bond acceptors (Lipinski definition) is 4. The monoisotopic (exact) mass is 402 g/mol. The minimum atomic E-state index is -0.366. The van der Waals surface area contributed by atoms with Gasteiger partial charge in [0.15, 0.2) is 0 Å². The third-order valence-electron chi connectivity index (χ3n) is 4.44. The summed E-state index contributed by atoms with van der Waals surface area (Å²) in [6.45, 7) is 3.59. The van der Waals surface area contributed by atoms with Gasteiger partial charge >= 0.3 is 0 Å². The molecule has 1 heterocycles. The van der Waals surface area contributed by atoms with E-state index in [-0.39, 0.29) is 24.2 Å². The topological polar surface area (TPSA) is 67.9 Å². The van der Waals surface area contributed by atoms with Crippen LogP contribution in [0.15, 0.2) is 48.5 Å². The second-order valence-corrected chi connectivity index (χ2v) is 6.86. The first kappa shape index (κ1) is 20.0. The van der Waals surface area contributed by atoms with Crippen LogP contribution in [0.4, 0.5) is 5.69 Å². The Morgan fingerprint density at radius 3 is 2.43 bits per heavy atom. The number of hydrogen-bond donors (Lipinski definition) is 1. The normalized spacial score (nSPS) is 16.1. The summed E-state index contributed by atoms with van der Waals surface area (Å²) in [7, 11) is 0. The summed E-state index contributed by atoms with van der Waals surface area (Å²) in [4.78, 5) is 26.3. The van der Waals surface area contributed by atoms with E-state index in [9.17, 15) is 9.59 Å².